The van der Waals surface area contributed by atoms with Crippen molar-refractivity contribution < 1.29 is 23.8 Å². The summed E-state index contributed by atoms with van der Waals surface area (Å²) < 4.78 is 24.8. The maximum atomic E-state index is 13.6. The lowest BCUT2D eigenvalue weighted by molar-refractivity contribution is 0.0397. The largest absolute Gasteiger partial charge is 0.493 e. The van der Waals surface area contributed by atoms with Crippen LogP contribution in [0.2, 0.25) is 5.02 Å². The molecule has 0 spiro atoms. The normalized spacial score (nSPS) is 14.9. The molecule has 1 heterocycles. The molecular weight excluding hydrogens is 471 g/mol. The predicted octanol–water partition coefficient (Wildman–Crippen LogP) is 5.42. The van der Waals surface area contributed by atoms with Gasteiger partial charge in [-0.1, -0.05) is 11.6 Å². The minimum Gasteiger partial charge on any atom is -0.493 e. The molecule has 3 aromatic rings. The highest BCUT2D eigenvalue weighted by Crippen LogP contribution is 2.35. The maximum Gasteiger partial charge on any atom is 0.163 e. The van der Waals surface area contributed by atoms with Gasteiger partial charge in [0.15, 0.2) is 17.3 Å². The fourth-order valence-electron chi connectivity index (χ4n) is 3.72. The number of carbonyl (C=O) groups excluding carboxylic acids is 1. The number of hydrogen-bond donors (Lipinski definition) is 2. The second-order valence-electron chi connectivity index (χ2n) is 8.96. The number of nitrogens with zero attached hydrogens (tertiary/aromatic N) is 1. The van der Waals surface area contributed by atoms with Gasteiger partial charge in [0, 0.05) is 24.1 Å². The number of pyridine rings is 1. The highest BCUT2D eigenvalue weighted by atomic mass is 35.5. The van der Waals surface area contributed by atoms with Gasteiger partial charge in [0.2, 0.25) is 0 Å². The first-order valence-corrected chi connectivity index (χ1v) is 11.8. The van der Waals surface area contributed by atoms with Crippen LogP contribution in [0.3, 0.4) is 0 Å². The van der Waals surface area contributed by atoms with Crippen molar-refractivity contribution in [3.8, 4) is 22.8 Å². The summed E-state index contributed by atoms with van der Waals surface area (Å²) in [6.45, 7) is 1.83. The highest BCUT2D eigenvalue weighted by Gasteiger charge is 2.28. The van der Waals surface area contributed by atoms with Gasteiger partial charge in [-0.2, -0.15) is 0 Å². The van der Waals surface area contributed by atoms with E-state index in [0.717, 1.165) is 18.4 Å². The number of hydrogen-bond acceptors (Lipinski definition) is 6. The van der Waals surface area contributed by atoms with Crippen molar-refractivity contribution in [2.75, 3.05) is 7.11 Å². The number of aromatic nitrogens is 1. The van der Waals surface area contributed by atoms with Gasteiger partial charge in [0.1, 0.15) is 11.4 Å². The second-order valence-corrected chi connectivity index (χ2v) is 9.37. The van der Waals surface area contributed by atoms with Crippen LogP contribution in [0.25, 0.3) is 11.3 Å². The van der Waals surface area contributed by atoms with Crippen molar-refractivity contribution in [1.29, 1.82) is 0 Å². The van der Waals surface area contributed by atoms with Crippen LogP contribution in [0.1, 0.15) is 54.2 Å². The number of ether oxygens (including phenoxy) is 2. The fourth-order valence-corrected chi connectivity index (χ4v) is 3.90. The van der Waals surface area contributed by atoms with E-state index in [-0.39, 0.29) is 36.3 Å². The van der Waals surface area contributed by atoms with Crippen molar-refractivity contribution in [1.82, 2.24) is 4.98 Å². The van der Waals surface area contributed by atoms with Crippen LogP contribution in [0.15, 0.2) is 48.5 Å². The summed E-state index contributed by atoms with van der Waals surface area (Å²) in [6.07, 6.45) is 2.49. The minimum atomic E-state index is -1.40. The van der Waals surface area contributed by atoms with Crippen molar-refractivity contribution in [2.45, 2.75) is 50.9 Å². The summed E-state index contributed by atoms with van der Waals surface area (Å²) in [5, 5.41) is 11.2. The number of aliphatic hydroxyl groups is 1. The molecule has 0 radical (unpaired) electrons. The number of halogens is 2. The Labute approximate surface area is 208 Å². The molecule has 3 N–H and O–H groups in total. The molecule has 0 bridgehead atoms. The lowest BCUT2D eigenvalue weighted by Gasteiger charge is -2.24. The van der Waals surface area contributed by atoms with Gasteiger partial charge in [-0.25, -0.2) is 9.37 Å². The summed E-state index contributed by atoms with van der Waals surface area (Å²) in [4.78, 5) is 17.5. The van der Waals surface area contributed by atoms with E-state index >= 15 is 0 Å². The number of ketones is 1. The van der Waals surface area contributed by atoms with Crippen LogP contribution < -0.4 is 15.2 Å². The average molecular weight is 499 g/mol. The molecule has 1 fully saturated rings. The van der Waals surface area contributed by atoms with Crippen LogP contribution >= 0.6 is 11.6 Å². The molecule has 0 saturated heterocycles. The summed E-state index contributed by atoms with van der Waals surface area (Å²) in [7, 11) is 1.54. The lowest BCUT2D eigenvalue weighted by atomic mass is 9.91. The van der Waals surface area contributed by atoms with Crippen molar-refractivity contribution in [3.63, 3.8) is 0 Å². The maximum absolute atomic E-state index is 13.6. The Bertz CT molecular complexity index is 1240. The zero-order valence-corrected chi connectivity index (χ0v) is 20.4. The number of carbonyl (C=O) groups is 1. The second kappa shape index (κ2) is 10.3. The summed E-state index contributed by atoms with van der Waals surface area (Å²) >= 11 is 5.94. The molecule has 35 heavy (non-hydrogen) atoms. The van der Waals surface area contributed by atoms with E-state index in [2.05, 4.69) is 4.98 Å². The number of benzene rings is 2. The third kappa shape index (κ3) is 5.99. The molecule has 8 heteroatoms. The van der Waals surface area contributed by atoms with Gasteiger partial charge in [-0.3, -0.25) is 4.79 Å². The molecular formula is C27H28ClFN2O4. The molecule has 4 rings (SSSR count). The number of rotatable bonds is 10. The topological polar surface area (TPSA) is 94.7 Å². The van der Waals surface area contributed by atoms with Crippen LogP contribution in [0, 0.1) is 5.82 Å². The smallest absolute Gasteiger partial charge is 0.163 e. The van der Waals surface area contributed by atoms with Crippen LogP contribution in [-0.4, -0.2) is 29.1 Å². The van der Waals surface area contributed by atoms with Gasteiger partial charge in [0.25, 0.3) is 0 Å². The third-order valence-electron chi connectivity index (χ3n) is 6.03. The standard InChI is InChI=1S/C27H28ClFN2O4/c1-27(33,10-9-23(32)18-4-8-24(25(14-18)34-2)35-19-5-6-19)26-12-16(15-30)11-22(31-26)17-3-7-21(29)20(28)13-17/h3-4,7-8,11-14,19,33H,5-6,9-10,15,30H2,1-2H3. The SMILES string of the molecule is COc1cc(C(=O)CCC(C)(O)c2cc(CN)cc(-c3ccc(F)c(Cl)c3)n2)ccc1OC1CC1. The molecule has 1 aromatic heterocycles. The molecule has 6 nitrogen and oxygen atoms in total. The van der Waals surface area contributed by atoms with E-state index < -0.39 is 11.4 Å². The summed E-state index contributed by atoms with van der Waals surface area (Å²) in [6, 6.07) is 12.9. The lowest BCUT2D eigenvalue weighted by Crippen LogP contribution is -2.24. The van der Waals surface area contributed by atoms with Crippen LogP contribution in [0.4, 0.5) is 4.39 Å². The predicted molar refractivity (Wildman–Crippen MR) is 132 cm³/mol. The molecule has 1 aliphatic rings. The average Bonchev–Trinajstić information content (AvgIpc) is 3.68. The molecule has 2 aromatic carbocycles. The number of nitrogens with two attached hydrogens (primary N) is 1. The summed E-state index contributed by atoms with van der Waals surface area (Å²) in [5.41, 5.74) is 7.15. The Morgan fingerprint density at radius 3 is 2.63 bits per heavy atom. The van der Waals surface area contributed by atoms with E-state index in [9.17, 15) is 14.3 Å². The Balaban J connectivity index is 1.52. The van der Waals surface area contributed by atoms with Crippen molar-refractivity contribution >= 4 is 17.4 Å². The zero-order chi connectivity index (χ0) is 25.2. The van der Waals surface area contributed by atoms with Gasteiger partial charge < -0.3 is 20.3 Å². The van der Waals surface area contributed by atoms with Gasteiger partial charge in [-0.15, -0.1) is 0 Å². The van der Waals surface area contributed by atoms with Gasteiger partial charge in [-0.05, 0) is 80.3 Å². The Morgan fingerprint density at radius 2 is 1.97 bits per heavy atom. The molecule has 1 aliphatic carbocycles. The fraction of sp³-hybridized carbons (Fsp3) is 0.333. The van der Waals surface area contributed by atoms with Crippen molar-refractivity contribution in [3.05, 3.63) is 76.2 Å². The monoisotopic (exact) mass is 498 g/mol. The van der Waals surface area contributed by atoms with E-state index in [4.69, 9.17) is 26.8 Å². The molecule has 0 amide bonds. The molecule has 184 valence electrons. The third-order valence-corrected chi connectivity index (χ3v) is 6.32. The molecule has 0 aliphatic heterocycles. The molecule has 1 unspecified atom stereocenters. The summed E-state index contributed by atoms with van der Waals surface area (Å²) in [5.74, 6) is 0.464. The minimum absolute atomic E-state index is 0.0228. The number of Topliss-reactive ketones (excluding diaryl/α,β-unsaturated/α-hetero) is 1. The Kier molecular flexibility index (Phi) is 7.40. The van der Waals surface area contributed by atoms with E-state index in [0.29, 0.717) is 34.0 Å². The Hall–Kier alpha value is -3.00. The van der Waals surface area contributed by atoms with E-state index in [1.54, 1.807) is 43.3 Å². The van der Waals surface area contributed by atoms with Crippen LogP contribution in [0.5, 0.6) is 11.5 Å². The zero-order valence-electron chi connectivity index (χ0n) is 19.7. The first kappa shape index (κ1) is 25.1. The highest BCUT2D eigenvalue weighted by molar-refractivity contribution is 6.31. The van der Waals surface area contributed by atoms with Crippen LogP contribution in [-0.2, 0) is 12.1 Å². The quantitative estimate of drug-likeness (QED) is 0.362. The van der Waals surface area contributed by atoms with E-state index in [1.165, 1.54) is 19.2 Å². The number of methoxy groups -OCH3 is 1. The first-order chi connectivity index (χ1) is 16.7. The molecule has 1 saturated carbocycles. The molecule has 1 atom stereocenters. The Morgan fingerprint density at radius 1 is 1.20 bits per heavy atom. The van der Waals surface area contributed by atoms with Gasteiger partial charge >= 0.3 is 0 Å². The van der Waals surface area contributed by atoms with Gasteiger partial charge in [0.05, 0.1) is 29.6 Å². The van der Waals surface area contributed by atoms with E-state index in [1.807, 2.05) is 0 Å². The van der Waals surface area contributed by atoms with Crippen molar-refractivity contribution in [2.24, 2.45) is 5.73 Å². The first-order valence-electron chi connectivity index (χ1n) is 11.5.